The van der Waals surface area contributed by atoms with Crippen molar-refractivity contribution >= 4 is 11.3 Å². The van der Waals surface area contributed by atoms with Gasteiger partial charge in [-0.1, -0.05) is 6.07 Å². The van der Waals surface area contributed by atoms with Crippen molar-refractivity contribution in [3.05, 3.63) is 77.8 Å². The molecule has 0 fully saturated rings. The molecule has 0 spiro atoms. The van der Waals surface area contributed by atoms with Crippen LogP contribution >= 0.6 is 0 Å². The maximum atomic E-state index is 14.1. The highest BCUT2D eigenvalue weighted by Crippen LogP contribution is 2.36. The number of fused-ring (bicyclic) bond motifs is 2. The average Bonchev–Trinajstić information content (AvgIpc) is 3.28. The Balaban J connectivity index is 1.69. The Hall–Kier alpha value is -3.29. The fourth-order valence-corrected chi connectivity index (χ4v) is 3.51. The van der Waals surface area contributed by atoms with Crippen LogP contribution in [0.15, 0.2) is 48.9 Å². The van der Waals surface area contributed by atoms with Gasteiger partial charge in [-0.2, -0.15) is 9.49 Å². The largest absolute Gasteiger partial charge is 0.348 e. The van der Waals surface area contributed by atoms with Gasteiger partial charge in [-0.25, -0.2) is 18.9 Å². The van der Waals surface area contributed by atoms with Crippen LogP contribution in [-0.2, 0) is 6.42 Å². The Morgan fingerprint density at radius 1 is 1.15 bits per heavy atom. The molecule has 0 aromatic carbocycles. The third kappa shape index (κ3) is 2.26. The molecule has 0 bridgehead atoms. The summed E-state index contributed by atoms with van der Waals surface area (Å²) in [5.74, 6) is -0.393. The van der Waals surface area contributed by atoms with E-state index in [2.05, 4.69) is 20.1 Å². The number of aromatic nitrogens is 5. The molecule has 8 heteroatoms. The van der Waals surface area contributed by atoms with E-state index in [-0.39, 0.29) is 11.9 Å². The lowest BCUT2D eigenvalue weighted by molar-refractivity contribution is 0.565. The minimum absolute atomic E-state index is 0.347. The molecule has 0 aliphatic carbocycles. The van der Waals surface area contributed by atoms with E-state index in [1.807, 2.05) is 4.90 Å². The van der Waals surface area contributed by atoms with Crippen LogP contribution in [-0.4, -0.2) is 31.1 Å². The molecule has 26 heavy (non-hydrogen) atoms. The predicted molar refractivity (Wildman–Crippen MR) is 90.8 cm³/mol. The lowest BCUT2D eigenvalue weighted by Crippen LogP contribution is -2.37. The van der Waals surface area contributed by atoms with Gasteiger partial charge in [0.2, 0.25) is 5.95 Å². The highest BCUT2D eigenvalue weighted by atomic mass is 19.1. The zero-order valence-electron chi connectivity index (χ0n) is 13.6. The number of imidazole rings is 1. The van der Waals surface area contributed by atoms with Crippen molar-refractivity contribution in [3.63, 3.8) is 0 Å². The van der Waals surface area contributed by atoms with Gasteiger partial charge in [0.05, 0.1) is 17.7 Å². The maximum absolute atomic E-state index is 14.1. The molecule has 1 atom stereocenters. The molecule has 1 aliphatic heterocycles. The van der Waals surface area contributed by atoms with E-state index in [0.29, 0.717) is 23.6 Å². The minimum atomic E-state index is -0.546. The van der Waals surface area contributed by atoms with Crippen molar-refractivity contribution < 1.29 is 8.78 Å². The van der Waals surface area contributed by atoms with Crippen LogP contribution < -0.4 is 4.90 Å². The molecule has 1 N–H and O–H groups in total. The van der Waals surface area contributed by atoms with E-state index in [1.54, 1.807) is 36.8 Å². The summed E-state index contributed by atoms with van der Waals surface area (Å²) in [5, 5.41) is 4.53. The fraction of sp³-hybridized carbons (Fsp3) is 0.167. The van der Waals surface area contributed by atoms with E-state index >= 15 is 0 Å². The zero-order valence-corrected chi connectivity index (χ0v) is 13.6. The second-order valence-electron chi connectivity index (χ2n) is 6.19. The monoisotopic (exact) mass is 352 g/mol. The van der Waals surface area contributed by atoms with E-state index in [0.717, 1.165) is 17.8 Å². The number of hydrogen-bond acceptors (Lipinski definition) is 4. The summed E-state index contributed by atoms with van der Waals surface area (Å²) in [6, 6.07) is 9.01. The van der Waals surface area contributed by atoms with E-state index in [1.165, 1.54) is 16.6 Å². The molecule has 1 aliphatic rings. The van der Waals surface area contributed by atoms with Crippen LogP contribution in [0.5, 0.6) is 0 Å². The van der Waals surface area contributed by atoms with Crippen LogP contribution in [0, 0.1) is 11.8 Å². The molecule has 0 amide bonds. The molecule has 0 saturated heterocycles. The van der Waals surface area contributed by atoms with Gasteiger partial charge in [0.25, 0.3) is 0 Å². The number of H-pyrrole nitrogens is 1. The van der Waals surface area contributed by atoms with Gasteiger partial charge in [-0.15, -0.1) is 0 Å². The summed E-state index contributed by atoms with van der Waals surface area (Å²) in [4.78, 5) is 13.6. The first-order valence-electron chi connectivity index (χ1n) is 8.26. The number of hydrogen-bond donors (Lipinski definition) is 1. The van der Waals surface area contributed by atoms with E-state index < -0.39 is 5.95 Å². The number of aromatic amines is 1. The molecular formula is C18H14F2N6. The zero-order chi connectivity index (χ0) is 17.7. The average molecular weight is 352 g/mol. The third-order valence-electron chi connectivity index (χ3n) is 4.67. The SMILES string of the molecule is Fc1cccc(N2CCc3[nH]cnc3[C@@H]2c2cc3c(F)cccn3n2)n1. The highest BCUT2D eigenvalue weighted by Gasteiger charge is 2.34. The molecule has 0 radical (unpaired) electrons. The van der Waals surface area contributed by atoms with Gasteiger partial charge in [-0.3, -0.25) is 0 Å². The molecular weight excluding hydrogens is 338 g/mol. The third-order valence-corrected chi connectivity index (χ3v) is 4.67. The van der Waals surface area contributed by atoms with Crippen molar-refractivity contribution in [1.29, 1.82) is 0 Å². The van der Waals surface area contributed by atoms with Crippen molar-refractivity contribution in [2.24, 2.45) is 0 Å². The molecule has 4 aromatic heterocycles. The fourth-order valence-electron chi connectivity index (χ4n) is 3.51. The van der Waals surface area contributed by atoms with Crippen molar-refractivity contribution in [3.8, 4) is 0 Å². The summed E-state index contributed by atoms with van der Waals surface area (Å²) in [7, 11) is 0. The van der Waals surface area contributed by atoms with Gasteiger partial charge < -0.3 is 9.88 Å². The van der Waals surface area contributed by atoms with Gasteiger partial charge in [-0.05, 0) is 30.3 Å². The van der Waals surface area contributed by atoms with E-state index in [9.17, 15) is 8.78 Å². The molecule has 6 nitrogen and oxygen atoms in total. The van der Waals surface area contributed by atoms with Gasteiger partial charge in [0, 0.05) is 24.9 Å². The Bertz CT molecular complexity index is 1100. The molecule has 5 rings (SSSR count). The first-order chi connectivity index (χ1) is 12.7. The standard InChI is InChI=1S/C18H14F2N6/c19-11-3-2-7-26-14(11)9-13(24-26)18-17-12(21-10-22-17)6-8-25(18)16-5-1-4-15(20)23-16/h1-5,7,9-10,18H,6,8H2,(H,21,22)/t18-/m0/s1. The lowest BCUT2D eigenvalue weighted by atomic mass is 9.99. The highest BCUT2D eigenvalue weighted by molar-refractivity contribution is 5.54. The van der Waals surface area contributed by atoms with Crippen LogP contribution in [0.25, 0.3) is 5.52 Å². The number of rotatable bonds is 2. The number of halogens is 2. The molecule has 0 saturated carbocycles. The van der Waals surface area contributed by atoms with Crippen molar-refractivity contribution in [1.82, 2.24) is 24.6 Å². The lowest BCUT2D eigenvalue weighted by Gasteiger charge is -2.34. The normalized spacial score (nSPS) is 16.8. The van der Waals surface area contributed by atoms with Gasteiger partial charge >= 0.3 is 0 Å². The Kier molecular flexibility index (Phi) is 3.24. The summed E-state index contributed by atoms with van der Waals surface area (Å²) in [5.41, 5.74) is 2.82. The van der Waals surface area contributed by atoms with Crippen molar-refractivity contribution in [2.75, 3.05) is 11.4 Å². The number of nitrogens with zero attached hydrogens (tertiary/aromatic N) is 5. The van der Waals surface area contributed by atoms with E-state index in [4.69, 9.17) is 0 Å². The smallest absolute Gasteiger partial charge is 0.214 e. The summed E-state index contributed by atoms with van der Waals surface area (Å²) in [6.45, 7) is 0.618. The number of pyridine rings is 2. The number of anilines is 1. The molecule has 5 heterocycles. The van der Waals surface area contributed by atoms with Gasteiger partial charge in [0.15, 0.2) is 0 Å². The first kappa shape index (κ1) is 15.0. The summed E-state index contributed by atoms with van der Waals surface area (Å²) in [6.07, 6.45) is 4.06. The second kappa shape index (κ2) is 5.62. The first-order valence-corrected chi connectivity index (χ1v) is 8.26. The summed E-state index contributed by atoms with van der Waals surface area (Å²) >= 11 is 0. The topological polar surface area (TPSA) is 62.1 Å². The van der Waals surface area contributed by atoms with Gasteiger partial charge in [0.1, 0.15) is 23.2 Å². The number of nitrogens with one attached hydrogen (secondary N) is 1. The molecule has 130 valence electrons. The second-order valence-corrected chi connectivity index (χ2v) is 6.19. The van der Waals surface area contributed by atoms with Crippen LogP contribution in [0.4, 0.5) is 14.6 Å². The minimum Gasteiger partial charge on any atom is -0.348 e. The summed E-state index contributed by atoms with van der Waals surface area (Å²) < 4.78 is 29.3. The molecule has 4 aromatic rings. The Labute approximate surface area is 147 Å². The van der Waals surface area contributed by atoms with Crippen LogP contribution in [0.1, 0.15) is 23.1 Å². The predicted octanol–water partition coefficient (Wildman–Crippen LogP) is 2.88. The van der Waals surface area contributed by atoms with Crippen molar-refractivity contribution in [2.45, 2.75) is 12.5 Å². The van der Waals surface area contributed by atoms with Crippen LogP contribution in [0.2, 0.25) is 0 Å². The Morgan fingerprint density at radius 2 is 2.08 bits per heavy atom. The Morgan fingerprint density at radius 3 is 2.92 bits per heavy atom. The quantitative estimate of drug-likeness (QED) is 0.564. The molecule has 0 unspecified atom stereocenters. The van der Waals surface area contributed by atoms with Crippen LogP contribution in [0.3, 0.4) is 0 Å². The maximum Gasteiger partial charge on any atom is 0.214 e.